The minimum absolute atomic E-state index is 0.0906. The summed E-state index contributed by atoms with van der Waals surface area (Å²) in [6, 6.07) is 2.47. The minimum Gasteiger partial charge on any atom is -0.507 e. The lowest BCUT2D eigenvalue weighted by Crippen LogP contribution is -2.55. The van der Waals surface area contributed by atoms with Gasteiger partial charge in [0, 0.05) is 44.6 Å². The fourth-order valence-corrected chi connectivity index (χ4v) is 7.78. The van der Waals surface area contributed by atoms with Crippen molar-refractivity contribution < 1.29 is 53.6 Å². The van der Waals surface area contributed by atoms with E-state index < -0.39 is 78.9 Å². The lowest BCUT2D eigenvalue weighted by Gasteiger charge is -2.30. The quantitative estimate of drug-likeness (QED) is 0.0631. The molecule has 0 aliphatic carbocycles. The Hall–Kier alpha value is -5.75. The summed E-state index contributed by atoms with van der Waals surface area (Å²) in [4.78, 5) is 94.8. The SMILES string of the molecule is CCCCCCCCCCCCCCCC(=O)N(C)[C@H](CO)C(=O)N[C@H](C)C(=O)NCC(=O)N(C)[C@@H]1C(=O)N[C@@H](C)C(=O)N[C@H](C(=O)O)Cc2ccc(O)c(c2)-c2cc1ccc2OCCN. The molecule has 18 nitrogen and oxygen atoms in total. The summed E-state index contributed by atoms with van der Waals surface area (Å²) in [6.07, 6.45) is 15.2. The number of amides is 6. The average Bonchev–Trinajstić information content (AvgIpc) is 3.29. The summed E-state index contributed by atoms with van der Waals surface area (Å²) in [5.41, 5.74) is 6.90. The van der Waals surface area contributed by atoms with Gasteiger partial charge in [-0.15, -0.1) is 0 Å². The lowest BCUT2D eigenvalue weighted by atomic mass is 9.94. The molecular formula is C48H73N7O11. The van der Waals surface area contributed by atoms with E-state index in [2.05, 4.69) is 28.2 Å². The zero-order valence-corrected chi connectivity index (χ0v) is 39.4. The third-order valence-electron chi connectivity index (χ3n) is 11.9. The van der Waals surface area contributed by atoms with Crippen LogP contribution in [0.1, 0.15) is 128 Å². The molecule has 0 unspecified atom stereocenters. The molecule has 2 aromatic carbocycles. The molecule has 0 spiro atoms. The molecule has 18 heteroatoms. The van der Waals surface area contributed by atoms with E-state index in [4.69, 9.17) is 10.5 Å². The summed E-state index contributed by atoms with van der Waals surface area (Å²) in [6.45, 7) is 3.88. The number of nitrogens with zero attached hydrogens (tertiary/aromatic N) is 2. The monoisotopic (exact) mass is 924 g/mol. The number of nitrogens with one attached hydrogen (secondary N) is 4. The highest BCUT2D eigenvalue weighted by Crippen LogP contribution is 2.39. The van der Waals surface area contributed by atoms with Crippen LogP contribution in [0.5, 0.6) is 11.5 Å². The third kappa shape index (κ3) is 16.9. The number of fused-ring (bicyclic) bond motifs is 5. The maximum atomic E-state index is 14.1. The van der Waals surface area contributed by atoms with Crippen LogP contribution in [-0.4, -0.2) is 131 Å². The van der Waals surface area contributed by atoms with Crippen molar-refractivity contribution in [3.8, 4) is 22.6 Å². The maximum absolute atomic E-state index is 14.1. The molecule has 66 heavy (non-hydrogen) atoms. The number of carbonyl (C=O) groups excluding carboxylic acids is 6. The van der Waals surface area contributed by atoms with Gasteiger partial charge in [0.2, 0.25) is 35.4 Å². The number of carboxylic acids is 1. The molecule has 4 bridgehead atoms. The second-order valence-electron chi connectivity index (χ2n) is 17.1. The number of likely N-dealkylation sites (N-methyl/N-ethyl adjacent to an activating group) is 2. The summed E-state index contributed by atoms with van der Waals surface area (Å²) >= 11 is 0. The predicted molar refractivity (Wildman–Crippen MR) is 249 cm³/mol. The Bertz CT molecular complexity index is 1950. The lowest BCUT2D eigenvalue weighted by molar-refractivity contribution is -0.143. The van der Waals surface area contributed by atoms with Crippen LogP contribution in [0, 0.1) is 0 Å². The van der Waals surface area contributed by atoms with Gasteiger partial charge in [0.1, 0.15) is 48.3 Å². The van der Waals surface area contributed by atoms with Crippen LogP contribution in [0.3, 0.4) is 0 Å². The Labute approximate surface area is 388 Å². The number of hydrogen-bond donors (Lipinski definition) is 8. The number of benzene rings is 2. The van der Waals surface area contributed by atoms with E-state index in [1.165, 1.54) is 121 Å². The van der Waals surface area contributed by atoms with Gasteiger partial charge < -0.3 is 56.9 Å². The van der Waals surface area contributed by atoms with Crippen LogP contribution in [0.4, 0.5) is 0 Å². The topological polar surface area (TPSA) is 270 Å². The average molecular weight is 924 g/mol. The minimum atomic E-state index is -1.44. The molecule has 0 saturated heterocycles. The number of phenolic OH excluding ortho intramolecular Hbond substituents is 1. The van der Waals surface area contributed by atoms with E-state index in [1.807, 2.05) is 0 Å². The zero-order valence-electron chi connectivity index (χ0n) is 39.4. The van der Waals surface area contributed by atoms with E-state index in [0.717, 1.165) is 24.2 Å². The molecule has 2 aromatic rings. The molecule has 0 fully saturated rings. The van der Waals surface area contributed by atoms with Gasteiger partial charge >= 0.3 is 5.97 Å². The number of aromatic hydroxyl groups is 1. The maximum Gasteiger partial charge on any atom is 0.326 e. The van der Waals surface area contributed by atoms with Crippen LogP contribution in [0.2, 0.25) is 0 Å². The van der Waals surface area contributed by atoms with Gasteiger partial charge in [-0.25, -0.2) is 4.79 Å². The number of phenols is 1. The van der Waals surface area contributed by atoms with Crippen LogP contribution in [-0.2, 0) is 40.0 Å². The van der Waals surface area contributed by atoms with Crippen molar-refractivity contribution in [1.29, 1.82) is 0 Å². The smallest absolute Gasteiger partial charge is 0.326 e. The first kappa shape index (κ1) is 54.6. The van der Waals surface area contributed by atoms with Gasteiger partial charge in [-0.05, 0) is 55.7 Å². The van der Waals surface area contributed by atoms with Gasteiger partial charge in [0.15, 0.2) is 0 Å². The van der Waals surface area contributed by atoms with Crippen molar-refractivity contribution in [3.63, 3.8) is 0 Å². The number of aliphatic hydroxyl groups excluding tert-OH is 1. The van der Waals surface area contributed by atoms with Crippen LogP contribution in [0.25, 0.3) is 11.1 Å². The number of rotatable bonds is 26. The second kappa shape index (κ2) is 28.3. The molecule has 6 amide bonds. The Morgan fingerprint density at radius 2 is 1.45 bits per heavy atom. The summed E-state index contributed by atoms with van der Waals surface area (Å²) in [7, 11) is 2.74. The van der Waals surface area contributed by atoms with E-state index in [-0.39, 0.29) is 54.5 Å². The molecule has 0 saturated carbocycles. The Balaban J connectivity index is 1.66. The molecule has 1 heterocycles. The van der Waals surface area contributed by atoms with Crippen molar-refractivity contribution in [2.75, 3.05) is 40.4 Å². The molecular weight excluding hydrogens is 851 g/mol. The molecule has 366 valence electrons. The molecule has 3 rings (SSSR count). The number of aliphatic hydroxyl groups is 1. The predicted octanol–water partition coefficient (Wildman–Crippen LogP) is 3.45. The number of carbonyl (C=O) groups is 7. The highest BCUT2D eigenvalue weighted by atomic mass is 16.5. The first-order chi connectivity index (χ1) is 31.5. The highest BCUT2D eigenvalue weighted by molar-refractivity contribution is 5.96. The van der Waals surface area contributed by atoms with Crippen molar-refractivity contribution >= 4 is 41.4 Å². The molecule has 1 aliphatic heterocycles. The van der Waals surface area contributed by atoms with E-state index in [0.29, 0.717) is 17.5 Å². The van der Waals surface area contributed by atoms with E-state index in [1.54, 1.807) is 6.07 Å². The van der Waals surface area contributed by atoms with Gasteiger partial charge in [-0.2, -0.15) is 0 Å². The van der Waals surface area contributed by atoms with Gasteiger partial charge in [0.05, 0.1) is 13.2 Å². The van der Waals surface area contributed by atoms with Crippen LogP contribution < -0.4 is 31.7 Å². The Morgan fingerprint density at radius 1 is 0.833 bits per heavy atom. The Morgan fingerprint density at radius 3 is 2.05 bits per heavy atom. The number of hydrogen-bond acceptors (Lipinski definition) is 11. The fourth-order valence-electron chi connectivity index (χ4n) is 7.78. The van der Waals surface area contributed by atoms with E-state index >= 15 is 0 Å². The third-order valence-corrected chi connectivity index (χ3v) is 11.9. The largest absolute Gasteiger partial charge is 0.507 e. The van der Waals surface area contributed by atoms with Crippen molar-refractivity contribution in [3.05, 3.63) is 47.5 Å². The standard InChI is InChI=1S/C48H73N7O11/c1-6-7-8-9-10-11-12-13-14-15-16-17-18-19-41(58)54(4)38(30-56)46(62)51-31(2)44(60)50-29-42(59)55(5)43-34-21-23-40(66-25-24-49)36(28-34)35-26-33(20-22-39(35)57)27-37(48(64)65)53-45(61)32(3)52-47(43)63/h20-23,26,28,31-32,37-38,43,56-57H,6-19,24-25,27,29-30,49H2,1-5H3,(H,50,60)(H,51,62)(H,52,63)(H,53,61)(H,64,65)/t31-,32+,37+,38-,43+/m1/s1. The van der Waals surface area contributed by atoms with Crippen LogP contribution in [0.15, 0.2) is 36.4 Å². The number of carboxylic acid groups (broad SMARTS) is 1. The molecule has 5 atom stereocenters. The van der Waals surface area contributed by atoms with Crippen molar-refractivity contribution in [1.82, 2.24) is 31.1 Å². The zero-order chi connectivity index (χ0) is 48.8. The highest BCUT2D eigenvalue weighted by Gasteiger charge is 2.34. The molecule has 1 aliphatic rings. The van der Waals surface area contributed by atoms with E-state index in [9.17, 15) is 48.9 Å². The summed E-state index contributed by atoms with van der Waals surface area (Å²) < 4.78 is 5.88. The van der Waals surface area contributed by atoms with Crippen molar-refractivity contribution in [2.45, 2.75) is 147 Å². The molecule has 0 aromatic heterocycles. The first-order valence-corrected chi connectivity index (χ1v) is 23.4. The normalized spacial score (nSPS) is 17.0. The number of aliphatic carboxylic acids is 1. The summed E-state index contributed by atoms with van der Waals surface area (Å²) in [5, 5.41) is 41.0. The van der Waals surface area contributed by atoms with Crippen LogP contribution >= 0.6 is 0 Å². The number of unbranched alkanes of at least 4 members (excludes halogenated alkanes) is 12. The number of ether oxygens (including phenoxy) is 1. The fraction of sp³-hybridized carbons (Fsp3) is 0.604. The summed E-state index contributed by atoms with van der Waals surface area (Å²) in [5.74, 6) is -5.49. The number of nitrogens with two attached hydrogens (primary N) is 1. The molecule has 0 radical (unpaired) electrons. The Kier molecular flexibility index (Phi) is 23.4. The van der Waals surface area contributed by atoms with Gasteiger partial charge in [-0.3, -0.25) is 28.8 Å². The van der Waals surface area contributed by atoms with Gasteiger partial charge in [-0.1, -0.05) is 96.1 Å². The van der Waals surface area contributed by atoms with Gasteiger partial charge in [0.25, 0.3) is 0 Å². The first-order valence-electron chi connectivity index (χ1n) is 23.4. The molecule has 9 N–H and O–H groups in total. The van der Waals surface area contributed by atoms with Crippen molar-refractivity contribution in [2.24, 2.45) is 5.73 Å². The second-order valence-corrected chi connectivity index (χ2v) is 17.1.